The second-order valence-electron chi connectivity index (χ2n) is 5.82. The molecular weight excluding hydrogens is 283 g/mol. The van der Waals surface area contributed by atoms with Crippen LogP contribution in [0.15, 0.2) is 24.3 Å². The molecule has 0 amide bonds. The Morgan fingerprint density at radius 1 is 1.41 bits per heavy atom. The highest BCUT2D eigenvalue weighted by molar-refractivity contribution is 5.23. The highest BCUT2D eigenvalue weighted by Crippen LogP contribution is 2.21. The second kappa shape index (κ2) is 6.87. The van der Waals surface area contributed by atoms with Gasteiger partial charge < -0.3 is 4.74 Å². The molecule has 0 saturated carbocycles. The Labute approximate surface area is 129 Å². The third-order valence-electron chi connectivity index (χ3n) is 3.92. The quantitative estimate of drug-likeness (QED) is 0.922. The third kappa shape index (κ3) is 3.82. The average Bonchev–Trinajstić information content (AvgIpc) is 2.92. The van der Waals surface area contributed by atoms with Gasteiger partial charge in [0.15, 0.2) is 17.4 Å². The molecule has 5 nitrogen and oxygen atoms in total. The number of rotatable bonds is 5. The molecule has 22 heavy (non-hydrogen) atoms. The Kier molecular flexibility index (Phi) is 4.68. The minimum Gasteiger partial charge on any atom is -0.490 e. The van der Waals surface area contributed by atoms with Gasteiger partial charge in [-0.3, -0.25) is 10.00 Å². The summed E-state index contributed by atoms with van der Waals surface area (Å²) in [6.07, 6.45) is 2.23. The summed E-state index contributed by atoms with van der Waals surface area (Å²) in [5, 5.41) is 7.05. The molecule has 0 aliphatic carbocycles. The van der Waals surface area contributed by atoms with E-state index in [9.17, 15) is 4.39 Å². The lowest BCUT2D eigenvalue weighted by atomic mass is 9.99. The number of likely N-dealkylation sites (tertiary alicyclic amines) is 1. The summed E-state index contributed by atoms with van der Waals surface area (Å²) in [5.74, 6) is 2.11. The lowest BCUT2D eigenvalue weighted by Gasteiger charge is -2.31. The number of H-pyrrole nitrogens is 1. The second-order valence-corrected chi connectivity index (χ2v) is 5.82. The van der Waals surface area contributed by atoms with E-state index < -0.39 is 0 Å². The van der Waals surface area contributed by atoms with E-state index in [1.165, 1.54) is 6.07 Å². The molecule has 0 unspecified atom stereocenters. The summed E-state index contributed by atoms with van der Waals surface area (Å²) >= 11 is 0. The van der Waals surface area contributed by atoms with E-state index in [1.807, 2.05) is 6.92 Å². The zero-order chi connectivity index (χ0) is 15.4. The van der Waals surface area contributed by atoms with Crippen molar-refractivity contribution in [2.75, 3.05) is 19.7 Å². The highest BCUT2D eigenvalue weighted by atomic mass is 19.1. The number of aromatic nitrogens is 3. The smallest absolute Gasteiger partial charge is 0.165 e. The van der Waals surface area contributed by atoms with Crippen molar-refractivity contribution in [2.45, 2.75) is 26.3 Å². The van der Waals surface area contributed by atoms with E-state index in [1.54, 1.807) is 18.2 Å². The SMILES string of the molecule is Cc1nc(CN2CCC[C@H](COc3ccccc3F)C2)n[nH]1. The van der Waals surface area contributed by atoms with Crippen molar-refractivity contribution < 1.29 is 9.13 Å². The summed E-state index contributed by atoms with van der Waals surface area (Å²) in [7, 11) is 0. The molecule has 3 rings (SSSR count). The average molecular weight is 304 g/mol. The molecule has 1 aliphatic rings. The van der Waals surface area contributed by atoms with Crippen molar-refractivity contribution in [1.29, 1.82) is 0 Å². The van der Waals surface area contributed by atoms with Crippen LogP contribution in [0.25, 0.3) is 0 Å². The summed E-state index contributed by atoms with van der Waals surface area (Å²) in [6, 6.07) is 6.56. The van der Waals surface area contributed by atoms with Crippen molar-refractivity contribution >= 4 is 0 Å². The third-order valence-corrected chi connectivity index (χ3v) is 3.92. The molecule has 1 atom stereocenters. The molecule has 0 spiro atoms. The molecule has 1 aromatic heterocycles. The van der Waals surface area contributed by atoms with E-state index in [2.05, 4.69) is 20.1 Å². The van der Waals surface area contributed by atoms with Crippen LogP contribution >= 0.6 is 0 Å². The van der Waals surface area contributed by atoms with Crippen LogP contribution < -0.4 is 4.74 Å². The standard InChI is InChI=1S/C16H21FN4O/c1-12-18-16(20-19-12)10-21-8-4-5-13(9-21)11-22-15-7-3-2-6-14(15)17/h2-3,6-7,13H,4-5,8-11H2,1H3,(H,18,19,20)/t13-/m0/s1. The van der Waals surface area contributed by atoms with Crippen LogP contribution in [0.5, 0.6) is 5.75 Å². The monoisotopic (exact) mass is 304 g/mol. The molecule has 1 aliphatic heterocycles. The Hall–Kier alpha value is -1.95. The van der Waals surface area contributed by atoms with Crippen LogP contribution in [0.3, 0.4) is 0 Å². The first-order valence-electron chi connectivity index (χ1n) is 7.68. The van der Waals surface area contributed by atoms with Gasteiger partial charge in [0, 0.05) is 12.5 Å². The topological polar surface area (TPSA) is 54.0 Å². The number of aryl methyl sites for hydroxylation is 1. The van der Waals surface area contributed by atoms with Gasteiger partial charge in [0.25, 0.3) is 0 Å². The van der Waals surface area contributed by atoms with E-state index in [-0.39, 0.29) is 5.82 Å². The van der Waals surface area contributed by atoms with E-state index in [0.717, 1.165) is 44.1 Å². The van der Waals surface area contributed by atoms with Crippen LogP contribution in [-0.4, -0.2) is 39.8 Å². The zero-order valence-corrected chi connectivity index (χ0v) is 12.8. The normalized spacial score (nSPS) is 19.3. The van der Waals surface area contributed by atoms with Gasteiger partial charge in [-0.05, 0) is 38.4 Å². The van der Waals surface area contributed by atoms with Crippen molar-refractivity contribution in [2.24, 2.45) is 5.92 Å². The maximum Gasteiger partial charge on any atom is 0.165 e. The van der Waals surface area contributed by atoms with Gasteiger partial charge in [0.1, 0.15) is 5.82 Å². The molecule has 0 radical (unpaired) electrons. The van der Waals surface area contributed by atoms with E-state index >= 15 is 0 Å². The molecule has 6 heteroatoms. The van der Waals surface area contributed by atoms with Crippen molar-refractivity contribution in [3.05, 3.63) is 41.7 Å². The first-order chi connectivity index (χ1) is 10.7. The van der Waals surface area contributed by atoms with Crippen LogP contribution in [-0.2, 0) is 6.54 Å². The number of ether oxygens (including phenoxy) is 1. The highest BCUT2D eigenvalue weighted by Gasteiger charge is 2.22. The lowest BCUT2D eigenvalue weighted by Crippen LogP contribution is -2.37. The van der Waals surface area contributed by atoms with Gasteiger partial charge in [-0.1, -0.05) is 12.1 Å². The van der Waals surface area contributed by atoms with Gasteiger partial charge in [0.05, 0.1) is 13.2 Å². The van der Waals surface area contributed by atoms with Gasteiger partial charge in [-0.25, -0.2) is 9.37 Å². The number of piperidine rings is 1. The number of halogens is 1. The van der Waals surface area contributed by atoms with Gasteiger partial charge in [-0.2, -0.15) is 5.10 Å². The van der Waals surface area contributed by atoms with Crippen LogP contribution in [0.4, 0.5) is 4.39 Å². The van der Waals surface area contributed by atoms with Crippen LogP contribution in [0, 0.1) is 18.7 Å². The number of nitrogens with one attached hydrogen (secondary N) is 1. The molecule has 1 N–H and O–H groups in total. The summed E-state index contributed by atoms with van der Waals surface area (Å²) in [6.45, 7) is 5.18. The van der Waals surface area contributed by atoms with Crippen LogP contribution in [0.1, 0.15) is 24.5 Å². The fourth-order valence-corrected chi connectivity index (χ4v) is 2.86. The fraction of sp³-hybridized carbons (Fsp3) is 0.500. The van der Waals surface area contributed by atoms with Gasteiger partial charge in [-0.15, -0.1) is 0 Å². The number of para-hydroxylation sites is 1. The molecular formula is C16H21FN4O. The molecule has 1 saturated heterocycles. The maximum absolute atomic E-state index is 13.6. The molecule has 2 aromatic rings. The Bertz CT molecular complexity index is 616. The lowest BCUT2D eigenvalue weighted by molar-refractivity contribution is 0.121. The van der Waals surface area contributed by atoms with Gasteiger partial charge >= 0.3 is 0 Å². The Balaban J connectivity index is 1.51. The maximum atomic E-state index is 13.6. The summed E-state index contributed by atoms with van der Waals surface area (Å²) in [4.78, 5) is 6.68. The zero-order valence-electron chi connectivity index (χ0n) is 12.8. The minimum atomic E-state index is -0.300. The Morgan fingerprint density at radius 2 is 2.27 bits per heavy atom. The first-order valence-corrected chi connectivity index (χ1v) is 7.68. The molecule has 0 bridgehead atoms. The first kappa shape index (κ1) is 15.0. The van der Waals surface area contributed by atoms with E-state index in [4.69, 9.17) is 4.74 Å². The van der Waals surface area contributed by atoms with Gasteiger partial charge in [0.2, 0.25) is 0 Å². The molecule has 1 aromatic carbocycles. The fourth-order valence-electron chi connectivity index (χ4n) is 2.86. The number of hydrogen-bond donors (Lipinski definition) is 1. The predicted molar refractivity (Wildman–Crippen MR) is 81.0 cm³/mol. The van der Waals surface area contributed by atoms with Crippen molar-refractivity contribution in [1.82, 2.24) is 20.1 Å². The minimum absolute atomic E-state index is 0.300. The Morgan fingerprint density at radius 3 is 3.05 bits per heavy atom. The summed E-state index contributed by atoms with van der Waals surface area (Å²) < 4.78 is 19.2. The predicted octanol–water partition coefficient (Wildman–Crippen LogP) is 2.54. The summed E-state index contributed by atoms with van der Waals surface area (Å²) in [5.41, 5.74) is 0. The molecule has 2 heterocycles. The number of aromatic amines is 1. The largest absolute Gasteiger partial charge is 0.490 e. The number of hydrogen-bond acceptors (Lipinski definition) is 4. The molecule has 1 fully saturated rings. The number of benzene rings is 1. The van der Waals surface area contributed by atoms with Crippen molar-refractivity contribution in [3.63, 3.8) is 0 Å². The number of nitrogens with zero attached hydrogens (tertiary/aromatic N) is 3. The van der Waals surface area contributed by atoms with Crippen molar-refractivity contribution in [3.8, 4) is 5.75 Å². The van der Waals surface area contributed by atoms with E-state index in [0.29, 0.717) is 18.3 Å². The molecule has 118 valence electrons. The van der Waals surface area contributed by atoms with Crippen LogP contribution in [0.2, 0.25) is 0 Å².